The van der Waals surface area contributed by atoms with E-state index in [2.05, 4.69) is 0 Å². The Morgan fingerprint density at radius 3 is 2.53 bits per heavy atom. The molecule has 0 radical (unpaired) electrons. The van der Waals surface area contributed by atoms with Gasteiger partial charge in [0.05, 0.1) is 20.3 Å². The van der Waals surface area contributed by atoms with Crippen molar-refractivity contribution in [2.24, 2.45) is 17.1 Å². The number of aliphatic hydroxyl groups excluding tert-OH is 1. The number of aliphatic hydroxyl groups is 1. The van der Waals surface area contributed by atoms with E-state index >= 15 is 0 Å². The second-order valence-corrected chi connectivity index (χ2v) is 5.25. The zero-order chi connectivity index (χ0) is 13.7. The summed E-state index contributed by atoms with van der Waals surface area (Å²) in [5, 5.41) is 9.62. The molecule has 3 N–H and O–H groups in total. The van der Waals surface area contributed by atoms with Gasteiger partial charge in [-0.3, -0.25) is 0 Å². The lowest BCUT2D eigenvalue weighted by atomic mass is 9.80. The van der Waals surface area contributed by atoms with Crippen LogP contribution in [-0.4, -0.2) is 32.0 Å². The molecular formula is C15H23NO3. The zero-order valence-electron chi connectivity index (χ0n) is 11.5. The van der Waals surface area contributed by atoms with Crippen LogP contribution in [0.25, 0.3) is 0 Å². The smallest absolute Gasteiger partial charge is 0.161 e. The van der Waals surface area contributed by atoms with Gasteiger partial charge in [0, 0.05) is 12.0 Å². The maximum absolute atomic E-state index is 9.62. The van der Waals surface area contributed by atoms with Crippen molar-refractivity contribution >= 4 is 0 Å². The van der Waals surface area contributed by atoms with E-state index in [4.69, 9.17) is 15.2 Å². The van der Waals surface area contributed by atoms with E-state index in [1.807, 2.05) is 24.3 Å². The van der Waals surface area contributed by atoms with Crippen LogP contribution < -0.4 is 15.2 Å². The quantitative estimate of drug-likeness (QED) is 0.752. The fourth-order valence-corrected chi connectivity index (χ4v) is 2.54. The molecule has 1 fully saturated rings. The summed E-state index contributed by atoms with van der Waals surface area (Å²) in [5.41, 5.74) is 5.69. The first kappa shape index (κ1) is 14.2. The molecule has 1 aliphatic rings. The zero-order valence-corrected chi connectivity index (χ0v) is 11.5. The summed E-state index contributed by atoms with van der Waals surface area (Å²) in [6, 6.07) is 7.59. The normalized spacial score (nSPS) is 17.8. The average molecular weight is 265 g/mol. The maximum atomic E-state index is 9.62. The van der Waals surface area contributed by atoms with Gasteiger partial charge in [0.2, 0.25) is 0 Å². The first-order valence-corrected chi connectivity index (χ1v) is 6.82. The van der Waals surface area contributed by atoms with Gasteiger partial charge in [-0.1, -0.05) is 12.1 Å². The predicted octanol–water partition coefficient (Wildman–Crippen LogP) is 1.81. The van der Waals surface area contributed by atoms with Gasteiger partial charge in [-0.15, -0.1) is 0 Å². The lowest BCUT2D eigenvalue weighted by molar-refractivity contribution is 0.0811. The second kappa shape index (κ2) is 6.26. The molecule has 19 heavy (non-hydrogen) atoms. The van der Waals surface area contributed by atoms with Crippen LogP contribution in [0.15, 0.2) is 24.3 Å². The third kappa shape index (κ3) is 3.19. The Morgan fingerprint density at radius 2 is 2.00 bits per heavy atom. The van der Waals surface area contributed by atoms with Crippen molar-refractivity contribution in [3.05, 3.63) is 24.3 Å². The molecule has 1 aromatic rings. The summed E-state index contributed by atoms with van der Waals surface area (Å²) in [4.78, 5) is 0. The van der Waals surface area contributed by atoms with E-state index in [0.29, 0.717) is 19.1 Å². The third-order valence-electron chi connectivity index (χ3n) is 4.09. The molecule has 2 rings (SSSR count). The highest BCUT2D eigenvalue weighted by atomic mass is 16.5. The van der Waals surface area contributed by atoms with Gasteiger partial charge in [0.15, 0.2) is 11.5 Å². The molecular weight excluding hydrogens is 242 g/mol. The van der Waals surface area contributed by atoms with Crippen molar-refractivity contribution in [1.82, 2.24) is 0 Å². The van der Waals surface area contributed by atoms with Gasteiger partial charge in [0.1, 0.15) is 0 Å². The Kier molecular flexibility index (Phi) is 4.66. The van der Waals surface area contributed by atoms with E-state index in [0.717, 1.165) is 17.9 Å². The highest BCUT2D eigenvalue weighted by Gasteiger charge is 2.43. The molecule has 0 aromatic heterocycles. The van der Waals surface area contributed by atoms with Crippen molar-refractivity contribution in [3.8, 4) is 11.5 Å². The van der Waals surface area contributed by atoms with E-state index in [9.17, 15) is 5.11 Å². The maximum Gasteiger partial charge on any atom is 0.161 e. The fourth-order valence-electron chi connectivity index (χ4n) is 2.54. The molecule has 0 heterocycles. The summed E-state index contributed by atoms with van der Waals surface area (Å²) in [5.74, 6) is 2.03. The minimum absolute atomic E-state index is 0.142. The highest BCUT2D eigenvalue weighted by molar-refractivity contribution is 5.39. The van der Waals surface area contributed by atoms with Gasteiger partial charge in [-0.2, -0.15) is 0 Å². The second-order valence-electron chi connectivity index (χ2n) is 5.25. The number of rotatable bonds is 8. The molecule has 4 heteroatoms. The first-order valence-electron chi connectivity index (χ1n) is 6.82. The van der Waals surface area contributed by atoms with Gasteiger partial charge in [0.25, 0.3) is 0 Å². The number of benzene rings is 1. The van der Waals surface area contributed by atoms with Crippen molar-refractivity contribution in [3.63, 3.8) is 0 Å². The van der Waals surface area contributed by atoms with Crippen molar-refractivity contribution in [2.45, 2.75) is 19.3 Å². The van der Waals surface area contributed by atoms with Crippen LogP contribution in [0.1, 0.15) is 19.3 Å². The van der Waals surface area contributed by atoms with Gasteiger partial charge in [-0.05, 0) is 37.3 Å². The van der Waals surface area contributed by atoms with Crippen LogP contribution in [0.4, 0.5) is 0 Å². The van der Waals surface area contributed by atoms with E-state index in [-0.39, 0.29) is 12.0 Å². The topological polar surface area (TPSA) is 64.7 Å². The number of ether oxygens (including phenoxy) is 2. The Balaban J connectivity index is 1.91. The van der Waals surface area contributed by atoms with Crippen molar-refractivity contribution < 1.29 is 14.6 Å². The standard InChI is InChI=1S/C15H23NO3/c1-18-13-4-2-3-5-14(13)19-9-8-15(10-16,11-17)12-6-7-12/h2-5,12,17H,6-11,16H2,1H3. The molecule has 0 spiro atoms. The summed E-state index contributed by atoms with van der Waals surface area (Å²) < 4.78 is 11.0. The predicted molar refractivity (Wildman–Crippen MR) is 74.4 cm³/mol. The van der Waals surface area contributed by atoms with Gasteiger partial charge < -0.3 is 20.3 Å². The Hall–Kier alpha value is -1.26. The van der Waals surface area contributed by atoms with Crippen LogP contribution in [0, 0.1) is 11.3 Å². The fraction of sp³-hybridized carbons (Fsp3) is 0.600. The Labute approximate surface area is 114 Å². The molecule has 1 unspecified atom stereocenters. The first-order chi connectivity index (χ1) is 9.25. The van der Waals surface area contributed by atoms with Crippen LogP contribution in [0.3, 0.4) is 0 Å². The molecule has 1 aromatic carbocycles. The summed E-state index contributed by atoms with van der Waals surface area (Å²) in [6.07, 6.45) is 3.13. The number of hydrogen-bond acceptors (Lipinski definition) is 4. The Bertz CT molecular complexity index is 400. The molecule has 0 aliphatic heterocycles. The minimum atomic E-state index is -0.165. The summed E-state index contributed by atoms with van der Waals surface area (Å²) in [7, 11) is 1.63. The molecule has 1 aliphatic carbocycles. The largest absolute Gasteiger partial charge is 0.493 e. The molecule has 0 amide bonds. The van der Waals surface area contributed by atoms with Crippen molar-refractivity contribution in [1.29, 1.82) is 0 Å². The monoisotopic (exact) mass is 265 g/mol. The van der Waals surface area contributed by atoms with Crippen molar-refractivity contribution in [2.75, 3.05) is 26.9 Å². The van der Waals surface area contributed by atoms with E-state index < -0.39 is 0 Å². The highest BCUT2D eigenvalue weighted by Crippen LogP contribution is 2.47. The molecule has 0 bridgehead atoms. The molecule has 4 nitrogen and oxygen atoms in total. The molecule has 1 saturated carbocycles. The van der Waals surface area contributed by atoms with Gasteiger partial charge >= 0.3 is 0 Å². The number of nitrogens with two attached hydrogens (primary N) is 1. The number of hydrogen-bond donors (Lipinski definition) is 2. The van der Waals surface area contributed by atoms with Crippen LogP contribution in [0.5, 0.6) is 11.5 Å². The number of para-hydroxylation sites is 2. The lowest BCUT2D eigenvalue weighted by Gasteiger charge is -2.30. The molecule has 1 atom stereocenters. The third-order valence-corrected chi connectivity index (χ3v) is 4.09. The average Bonchev–Trinajstić information content (AvgIpc) is 3.29. The molecule has 0 saturated heterocycles. The Morgan fingerprint density at radius 1 is 1.32 bits per heavy atom. The minimum Gasteiger partial charge on any atom is -0.493 e. The van der Waals surface area contributed by atoms with E-state index in [1.165, 1.54) is 12.8 Å². The molecule has 106 valence electrons. The SMILES string of the molecule is COc1ccccc1OCCC(CN)(CO)C1CC1. The summed E-state index contributed by atoms with van der Waals surface area (Å²) >= 11 is 0. The summed E-state index contributed by atoms with van der Waals surface area (Å²) in [6.45, 7) is 1.21. The van der Waals surface area contributed by atoms with Gasteiger partial charge in [-0.25, -0.2) is 0 Å². The van der Waals surface area contributed by atoms with Crippen LogP contribution in [-0.2, 0) is 0 Å². The lowest BCUT2D eigenvalue weighted by Crippen LogP contribution is -2.38. The van der Waals surface area contributed by atoms with Crippen LogP contribution in [0.2, 0.25) is 0 Å². The van der Waals surface area contributed by atoms with Crippen LogP contribution >= 0.6 is 0 Å². The number of methoxy groups -OCH3 is 1. The van der Waals surface area contributed by atoms with E-state index in [1.54, 1.807) is 7.11 Å².